The highest BCUT2D eigenvalue weighted by atomic mass is 16.2. The third kappa shape index (κ3) is 5.36. The molecule has 5 nitrogen and oxygen atoms in total. The zero-order valence-electron chi connectivity index (χ0n) is 14.0. The maximum absolute atomic E-state index is 12.5. The summed E-state index contributed by atoms with van der Waals surface area (Å²) in [6.45, 7) is 5.74. The van der Waals surface area contributed by atoms with E-state index in [4.69, 9.17) is 0 Å². The summed E-state index contributed by atoms with van der Waals surface area (Å²) in [5.74, 6) is 1.21. The Balaban J connectivity index is 1.98. The minimum atomic E-state index is -0.108. The van der Waals surface area contributed by atoms with Crippen LogP contribution in [-0.4, -0.2) is 34.4 Å². The van der Waals surface area contributed by atoms with Crippen LogP contribution in [0.25, 0.3) is 0 Å². The van der Waals surface area contributed by atoms with E-state index in [9.17, 15) is 4.79 Å². The Kier molecular flexibility index (Phi) is 6.09. The van der Waals surface area contributed by atoms with E-state index < -0.39 is 0 Å². The maximum Gasteiger partial charge on any atom is 0.272 e. The third-order valence-corrected chi connectivity index (χ3v) is 3.52. The van der Waals surface area contributed by atoms with Gasteiger partial charge in [-0.1, -0.05) is 44.2 Å². The number of benzene rings is 1. The zero-order valence-corrected chi connectivity index (χ0v) is 14.0. The molecule has 0 saturated carbocycles. The molecule has 1 aromatic carbocycles. The molecule has 0 unspecified atom stereocenters. The summed E-state index contributed by atoms with van der Waals surface area (Å²) in [7, 11) is 1.78. The molecule has 5 heteroatoms. The van der Waals surface area contributed by atoms with E-state index in [1.807, 2.05) is 30.3 Å². The van der Waals surface area contributed by atoms with Crippen molar-refractivity contribution in [1.29, 1.82) is 0 Å². The fourth-order valence-corrected chi connectivity index (χ4v) is 2.18. The number of nitrogens with one attached hydrogen (secondary N) is 1. The van der Waals surface area contributed by atoms with Crippen LogP contribution in [0.4, 0.5) is 5.82 Å². The van der Waals surface area contributed by atoms with Crippen LogP contribution in [0.2, 0.25) is 0 Å². The van der Waals surface area contributed by atoms with Gasteiger partial charge in [0.25, 0.3) is 5.91 Å². The number of aromatic nitrogens is 2. The number of amides is 1. The molecule has 0 spiro atoms. The molecular formula is C18H24N4O. The summed E-state index contributed by atoms with van der Waals surface area (Å²) in [6, 6.07) is 11.6. The fraction of sp³-hybridized carbons (Fsp3) is 0.389. The van der Waals surface area contributed by atoms with Gasteiger partial charge in [-0.25, -0.2) is 9.97 Å². The SMILES string of the molecule is CC(C)CCNc1cc(C(=O)N(C)Cc2ccccc2)ncn1. The first-order valence-electron chi connectivity index (χ1n) is 7.91. The smallest absolute Gasteiger partial charge is 0.272 e. The highest BCUT2D eigenvalue weighted by Gasteiger charge is 2.14. The van der Waals surface area contributed by atoms with Crippen LogP contribution in [-0.2, 0) is 6.54 Å². The Morgan fingerprint density at radius 3 is 2.65 bits per heavy atom. The molecule has 0 saturated heterocycles. The van der Waals surface area contributed by atoms with Crippen LogP contribution in [0.15, 0.2) is 42.7 Å². The normalized spacial score (nSPS) is 10.6. The summed E-state index contributed by atoms with van der Waals surface area (Å²) in [5, 5.41) is 3.24. The standard InChI is InChI=1S/C18H24N4O/c1-14(2)9-10-19-17-11-16(20-13-21-17)18(23)22(3)12-15-7-5-4-6-8-15/h4-8,11,13-14H,9-10,12H2,1-3H3,(H,19,20,21). The Hall–Kier alpha value is -2.43. The van der Waals surface area contributed by atoms with Crippen LogP contribution >= 0.6 is 0 Å². The van der Waals surface area contributed by atoms with Crippen molar-refractivity contribution in [2.45, 2.75) is 26.8 Å². The van der Waals surface area contributed by atoms with Crippen LogP contribution < -0.4 is 5.32 Å². The quantitative estimate of drug-likeness (QED) is 0.853. The number of carbonyl (C=O) groups excluding carboxylic acids is 1. The van der Waals surface area contributed by atoms with Gasteiger partial charge in [-0.15, -0.1) is 0 Å². The molecule has 2 rings (SSSR count). The number of hydrogen-bond donors (Lipinski definition) is 1. The Morgan fingerprint density at radius 1 is 1.22 bits per heavy atom. The molecule has 0 aliphatic heterocycles. The van der Waals surface area contributed by atoms with Crippen molar-refractivity contribution in [2.24, 2.45) is 5.92 Å². The Bertz CT molecular complexity index is 628. The first-order chi connectivity index (χ1) is 11.1. The number of anilines is 1. The van der Waals surface area contributed by atoms with E-state index in [0.29, 0.717) is 24.0 Å². The largest absolute Gasteiger partial charge is 0.370 e. The monoisotopic (exact) mass is 312 g/mol. The van der Waals surface area contributed by atoms with Gasteiger partial charge in [-0.2, -0.15) is 0 Å². The van der Waals surface area contributed by atoms with Crippen molar-refractivity contribution in [3.63, 3.8) is 0 Å². The molecule has 1 heterocycles. The van der Waals surface area contributed by atoms with Crippen LogP contribution in [0.1, 0.15) is 36.3 Å². The molecular weight excluding hydrogens is 288 g/mol. The summed E-state index contributed by atoms with van der Waals surface area (Å²) in [5.41, 5.74) is 1.50. The number of hydrogen-bond acceptors (Lipinski definition) is 4. The minimum Gasteiger partial charge on any atom is -0.370 e. The highest BCUT2D eigenvalue weighted by Crippen LogP contribution is 2.10. The predicted molar refractivity (Wildman–Crippen MR) is 92.2 cm³/mol. The second-order valence-electron chi connectivity index (χ2n) is 6.04. The van der Waals surface area contributed by atoms with Gasteiger partial charge in [0.15, 0.2) is 0 Å². The topological polar surface area (TPSA) is 58.1 Å². The van der Waals surface area contributed by atoms with E-state index in [1.54, 1.807) is 18.0 Å². The molecule has 2 aromatic rings. The summed E-state index contributed by atoms with van der Waals surface area (Å²) in [4.78, 5) is 22.4. The van der Waals surface area contributed by atoms with Crippen LogP contribution in [0.5, 0.6) is 0 Å². The molecule has 0 atom stereocenters. The minimum absolute atomic E-state index is 0.108. The van der Waals surface area contributed by atoms with E-state index in [2.05, 4.69) is 29.1 Å². The number of carbonyl (C=O) groups is 1. The van der Waals surface area contributed by atoms with E-state index in [1.165, 1.54) is 6.33 Å². The lowest BCUT2D eigenvalue weighted by Gasteiger charge is -2.17. The van der Waals surface area contributed by atoms with Crippen molar-refractivity contribution in [2.75, 3.05) is 18.9 Å². The predicted octanol–water partition coefficient (Wildman–Crippen LogP) is 3.21. The van der Waals surface area contributed by atoms with Crippen molar-refractivity contribution in [3.05, 3.63) is 54.0 Å². The lowest BCUT2D eigenvalue weighted by Crippen LogP contribution is -2.27. The first-order valence-corrected chi connectivity index (χ1v) is 7.91. The average molecular weight is 312 g/mol. The second-order valence-corrected chi connectivity index (χ2v) is 6.04. The van der Waals surface area contributed by atoms with Crippen molar-refractivity contribution >= 4 is 11.7 Å². The van der Waals surface area contributed by atoms with E-state index in [-0.39, 0.29) is 5.91 Å². The maximum atomic E-state index is 12.5. The van der Waals surface area contributed by atoms with Gasteiger partial charge >= 0.3 is 0 Å². The molecule has 1 N–H and O–H groups in total. The van der Waals surface area contributed by atoms with Crippen molar-refractivity contribution in [1.82, 2.24) is 14.9 Å². The van der Waals surface area contributed by atoms with Crippen molar-refractivity contribution in [3.8, 4) is 0 Å². The Morgan fingerprint density at radius 2 is 1.96 bits per heavy atom. The van der Waals surface area contributed by atoms with Gasteiger partial charge in [-0.3, -0.25) is 4.79 Å². The fourth-order valence-electron chi connectivity index (χ4n) is 2.18. The molecule has 0 radical (unpaired) electrons. The molecule has 0 bridgehead atoms. The average Bonchev–Trinajstić information content (AvgIpc) is 2.55. The number of nitrogens with zero attached hydrogens (tertiary/aromatic N) is 3. The molecule has 1 aromatic heterocycles. The first kappa shape index (κ1) is 16.9. The third-order valence-electron chi connectivity index (χ3n) is 3.52. The van der Waals surface area contributed by atoms with Crippen molar-refractivity contribution < 1.29 is 4.79 Å². The Labute approximate surface area is 137 Å². The van der Waals surface area contributed by atoms with Gasteiger partial charge in [0.05, 0.1) is 0 Å². The van der Waals surface area contributed by atoms with E-state index >= 15 is 0 Å². The summed E-state index contributed by atoms with van der Waals surface area (Å²) < 4.78 is 0. The van der Waals surface area contributed by atoms with E-state index in [0.717, 1.165) is 18.5 Å². The number of rotatable bonds is 7. The zero-order chi connectivity index (χ0) is 16.7. The van der Waals surface area contributed by atoms with Gasteiger partial charge in [0.1, 0.15) is 17.8 Å². The molecule has 1 amide bonds. The molecule has 122 valence electrons. The molecule has 0 aliphatic carbocycles. The molecule has 23 heavy (non-hydrogen) atoms. The van der Waals surface area contributed by atoms with Gasteiger partial charge in [0, 0.05) is 26.2 Å². The second kappa shape index (κ2) is 8.27. The van der Waals surface area contributed by atoms with Crippen LogP contribution in [0.3, 0.4) is 0 Å². The highest BCUT2D eigenvalue weighted by molar-refractivity contribution is 5.92. The van der Waals surface area contributed by atoms with Gasteiger partial charge in [-0.05, 0) is 17.9 Å². The summed E-state index contributed by atoms with van der Waals surface area (Å²) >= 11 is 0. The van der Waals surface area contributed by atoms with Gasteiger partial charge in [0.2, 0.25) is 0 Å². The summed E-state index contributed by atoms with van der Waals surface area (Å²) in [6.07, 6.45) is 2.49. The molecule has 0 aliphatic rings. The molecule has 0 fully saturated rings. The van der Waals surface area contributed by atoms with Crippen LogP contribution in [0, 0.1) is 5.92 Å². The lowest BCUT2D eigenvalue weighted by atomic mass is 10.1. The van der Waals surface area contributed by atoms with Gasteiger partial charge < -0.3 is 10.2 Å². The lowest BCUT2D eigenvalue weighted by molar-refractivity contribution is 0.0779.